The van der Waals surface area contributed by atoms with Crippen LogP contribution < -0.4 is 14.6 Å². The molecule has 1 aromatic carbocycles. The quantitative estimate of drug-likeness (QED) is 0.135. The summed E-state index contributed by atoms with van der Waals surface area (Å²) >= 11 is -1.89. The molecule has 9 heteroatoms. The molecule has 0 aliphatic heterocycles. The summed E-state index contributed by atoms with van der Waals surface area (Å²) in [6, 6.07) is 7.80. The second-order valence-electron chi connectivity index (χ2n) is 7.58. The molecule has 6 nitrogen and oxygen atoms in total. The van der Waals surface area contributed by atoms with Crippen LogP contribution >= 0.6 is 19.4 Å². The van der Waals surface area contributed by atoms with Gasteiger partial charge in [0.25, 0.3) is 0 Å². The fourth-order valence-electron chi connectivity index (χ4n) is 3.23. The Bertz CT molecular complexity index is 828. The van der Waals surface area contributed by atoms with Crippen LogP contribution in [0.25, 0.3) is 0 Å². The van der Waals surface area contributed by atoms with Gasteiger partial charge in [-0.15, -0.1) is 0 Å². The summed E-state index contributed by atoms with van der Waals surface area (Å²) in [4.78, 5) is 10.2. The molecule has 1 unspecified atom stereocenters. The third-order valence-electron chi connectivity index (χ3n) is 4.81. The van der Waals surface area contributed by atoms with Gasteiger partial charge < -0.3 is 5.32 Å². The zero-order chi connectivity index (χ0) is 23.0. The number of nitrogens with zero attached hydrogens (tertiary/aromatic N) is 2. The van der Waals surface area contributed by atoms with Crippen LogP contribution in [-0.4, -0.2) is 41.4 Å². The zero-order valence-electron chi connectivity index (χ0n) is 18.6. The van der Waals surface area contributed by atoms with E-state index in [-0.39, 0.29) is 6.10 Å². The predicted molar refractivity (Wildman–Crippen MR) is 126 cm³/mol. The number of amides is 1. The molecule has 0 spiro atoms. The summed E-state index contributed by atoms with van der Waals surface area (Å²) in [5.41, 5.74) is 0.950. The molecule has 2 aromatic rings. The van der Waals surface area contributed by atoms with Crippen molar-refractivity contribution in [2.24, 2.45) is 0 Å². The van der Waals surface area contributed by atoms with Gasteiger partial charge in [-0.05, 0) is 0 Å². The van der Waals surface area contributed by atoms with Crippen molar-refractivity contribution in [3.63, 3.8) is 0 Å². The van der Waals surface area contributed by atoms with Crippen LogP contribution in [0.2, 0.25) is 0 Å². The van der Waals surface area contributed by atoms with Crippen molar-refractivity contribution in [3.05, 3.63) is 48.5 Å². The van der Waals surface area contributed by atoms with Gasteiger partial charge >= 0.3 is 134 Å². The molecule has 0 bridgehead atoms. The van der Waals surface area contributed by atoms with Gasteiger partial charge in [0.05, 0.1) is 13.1 Å². The summed E-state index contributed by atoms with van der Waals surface area (Å²) in [6.07, 6.45) is 12.5. The molecular weight excluding hydrogens is 538 g/mol. The van der Waals surface area contributed by atoms with Gasteiger partial charge in [0.1, 0.15) is 12.4 Å². The molecule has 0 saturated carbocycles. The number of aryl methyl sites for hydroxylation is 2. The number of rotatable bonds is 17. The van der Waals surface area contributed by atoms with E-state index in [2.05, 4.69) is 33.2 Å². The van der Waals surface area contributed by atoms with Gasteiger partial charge in [-0.25, -0.2) is 9.13 Å². The fraction of sp³-hybridized carbons (Fsp3) is 0.522. The Morgan fingerprint density at radius 3 is 2.81 bits per heavy atom. The minimum absolute atomic E-state index is 0.0366. The van der Waals surface area contributed by atoms with Crippen molar-refractivity contribution in [2.45, 2.75) is 58.2 Å². The summed E-state index contributed by atoms with van der Waals surface area (Å²) in [5, 5.41) is 2.69. The maximum atomic E-state index is 10.2. The Morgan fingerprint density at radius 1 is 1.19 bits per heavy atom. The van der Waals surface area contributed by atoms with E-state index >= 15 is 0 Å². The van der Waals surface area contributed by atoms with Crippen LogP contribution in [0.1, 0.15) is 44.6 Å². The number of unbranched alkanes of at least 4 members (excludes halogenated alkanes) is 3. The van der Waals surface area contributed by atoms with Crippen molar-refractivity contribution >= 4 is 30.4 Å². The summed E-state index contributed by atoms with van der Waals surface area (Å²) in [6.45, 7) is 5.97. The molecule has 1 heterocycles. The van der Waals surface area contributed by atoms with E-state index in [4.69, 9.17) is 28.9 Å². The standard InChI is InChI=1S/C23H33N3O3.2ClH.Ru/c1-21-10-5-6-11-23(21)29-22(2)18-28-17-8-4-3-7-13-25-15-16-26(20-25)14-9-12-24-19-27;;;/h1,5-6,10-11,15-16,19-20,22H,3-4,7-9,12-14,17-18H2,2H3;2*1H;/q;;;+2/p-1. The van der Waals surface area contributed by atoms with Crippen molar-refractivity contribution in [3.8, 4) is 5.75 Å². The molecule has 1 aromatic heterocycles. The van der Waals surface area contributed by atoms with Crippen LogP contribution in [-0.2, 0) is 36.1 Å². The van der Waals surface area contributed by atoms with Crippen LogP contribution in [0.4, 0.5) is 0 Å². The van der Waals surface area contributed by atoms with Crippen molar-refractivity contribution in [1.29, 1.82) is 0 Å². The minimum atomic E-state index is -1.89. The topological polar surface area (TPSA) is 56.4 Å². The number of imidazole rings is 1. The van der Waals surface area contributed by atoms with E-state index in [0.29, 0.717) is 13.2 Å². The number of carbonyl (C=O) groups is 1. The Morgan fingerprint density at radius 2 is 2.00 bits per heavy atom. The molecule has 1 atom stereocenters. The van der Waals surface area contributed by atoms with Gasteiger partial charge in [0.15, 0.2) is 0 Å². The first-order valence-electron chi connectivity index (χ1n) is 11.0. The van der Waals surface area contributed by atoms with E-state index in [0.717, 1.165) is 63.1 Å². The van der Waals surface area contributed by atoms with Crippen LogP contribution in [0.15, 0.2) is 43.0 Å². The third kappa shape index (κ3) is 11.6. The first-order chi connectivity index (χ1) is 15.6. The van der Waals surface area contributed by atoms with E-state index in [1.807, 2.05) is 35.8 Å². The normalized spacial score (nSPS) is 12.3. The monoisotopic (exact) mass is 572 g/mol. The first-order valence-corrected chi connectivity index (χ1v) is 16.4. The maximum absolute atomic E-state index is 10.2. The number of halogens is 2. The molecule has 32 heavy (non-hydrogen) atoms. The predicted octanol–water partition coefficient (Wildman–Crippen LogP) is 4.03. The van der Waals surface area contributed by atoms with E-state index in [1.54, 1.807) is 0 Å². The molecule has 0 aliphatic carbocycles. The van der Waals surface area contributed by atoms with Crippen LogP contribution in [0.5, 0.6) is 5.75 Å². The summed E-state index contributed by atoms with van der Waals surface area (Å²) < 4.78 is 18.1. The van der Waals surface area contributed by atoms with Crippen molar-refractivity contribution in [1.82, 2.24) is 9.88 Å². The summed E-state index contributed by atoms with van der Waals surface area (Å²) in [7, 11) is 12.0. The number of hydrogen-bond donors (Lipinski definition) is 1. The number of carbonyl (C=O) groups excluding carboxylic acids is 1. The van der Waals surface area contributed by atoms with E-state index < -0.39 is 13.5 Å². The number of benzene rings is 1. The van der Waals surface area contributed by atoms with E-state index in [1.165, 1.54) is 6.42 Å². The molecule has 0 aliphatic rings. The fourth-order valence-corrected chi connectivity index (χ4v) is 5.04. The average molecular weight is 573 g/mol. The van der Waals surface area contributed by atoms with Gasteiger partial charge in [-0.2, -0.15) is 0 Å². The molecule has 0 fully saturated rings. The second-order valence-corrected chi connectivity index (χ2v) is 13.3. The van der Waals surface area contributed by atoms with Crippen LogP contribution in [0.3, 0.4) is 0 Å². The zero-order valence-corrected chi connectivity index (χ0v) is 21.8. The van der Waals surface area contributed by atoms with Gasteiger partial charge in [-0.3, -0.25) is 4.79 Å². The molecule has 180 valence electrons. The van der Waals surface area contributed by atoms with Crippen molar-refractivity contribution < 1.29 is 32.4 Å². The number of nitrogens with one attached hydrogen (secondary N) is 1. The van der Waals surface area contributed by atoms with Gasteiger partial charge in [-0.1, -0.05) is 0 Å². The molecule has 0 saturated heterocycles. The third-order valence-corrected chi connectivity index (χ3v) is 6.64. The Kier molecular flexibility index (Phi) is 13.8. The van der Waals surface area contributed by atoms with Crippen LogP contribution in [0, 0.1) is 0 Å². The number of para-hydroxylation sites is 1. The molecule has 1 N–H and O–H groups in total. The average Bonchev–Trinajstić information content (AvgIpc) is 3.22. The Balaban J connectivity index is 1.52. The molecule has 0 radical (unpaired) electrons. The van der Waals surface area contributed by atoms with Gasteiger partial charge in [0.2, 0.25) is 12.7 Å². The summed E-state index contributed by atoms with van der Waals surface area (Å²) in [5.74, 6) is 0.799. The number of ether oxygens (including phenoxy) is 2. The second kappa shape index (κ2) is 16.4. The number of hydrogen-bond acceptors (Lipinski definition) is 3. The molecule has 1 amide bonds. The Hall–Kier alpha value is -1.27. The molecular formula is C23H34Cl2N3O3Ru+. The SMILES string of the molecule is CC(COCCCCCCn1cc[n+](CCCNC=O)c1)Oc1ccccc1[CH]=[Ru]([Cl])[Cl]. The van der Waals surface area contributed by atoms with Crippen molar-refractivity contribution in [2.75, 3.05) is 19.8 Å². The Labute approximate surface area is 204 Å². The van der Waals surface area contributed by atoms with E-state index in [9.17, 15) is 4.79 Å². The molecule has 2 rings (SSSR count). The van der Waals surface area contributed by atoms with Gasteiger partial charge in [0, 0.05) is 13.0 Å². The number of aromatic nitrogens is 2. The first kappa shape index (κ1) is 27.0.